The van der Waals surface area contributed by atoms with Gasteiger partial charge in [0.05, 0.1) is 0 Å². The Kier molecular flexibility index (Phi) is 4.14. The molecular weight excluding hydrogens is 249 g/mol. The molecule has 1 unspecified atom stereocenters. The third kappa shape index (κ3) is 2.60. The molecule has 1 heterocycles. The van der Waals surface area contributed by atoms with Crippen molar-refractivity contribution in [3.63, 3.8) is 0 Å². The first-order chi connectivity index (χ1) is 7.71. The topological polar surface area (TPSA) is 74.7 Å². The molecule has 1 atom stereocenters. The zero-order valence-electron chi connectivity index (χ0n) is 10.0. The first-order valence-electron chi connectivity index (χ1n) is 5.66. The summed E-state index contributed by atoms with van der Waals surface area (Å²) in [6, 6.07) is 0. The van der Waals surface area contributed by atoms with Gasteiger partial charge in [0.15, 0.2) is 0 Å². The van der Waals surface area contributed by atoms with E-state index < -0.39 is 26.9 Å². The second-order valence-corrected chi connectivity index (χ2v) is 6.17. The second kappa shape index (κ2) is 4.89. The normalized spacial score (nSPS) is 21.4. The fraction of sp³-hybridized carbons (Fsp3) is 0.900. The van der Waals surface area contributed by atoms with Crippen LogP contribution < -0.4 is 0 Å². The van der Waals surface area contributed by atoms with Gasteiger partial charge in [-0.2, -0.15) is 8.42 Å². The smallest absolute Gasteiger partial charge is 0.314 e. The van der Waals surface area contributed by atoms with E-state index in [9.17, 15) is 17.6 Å². The highest BCUT2D eigenvalue weighted by Crippen LogP contribution is 2.31. The number of carbonyl (C=O) groups excluding carboxylic acids is 1. The van der Waals surface area contributed by atoms with Gasteiger partial charge < -0.3 is 4.90 Å². The molecule has 1 fully saturated rings. The summed E-state index contributed by atoms with van der Waals surface area (Å²) in [5.74, 6) is -2.28. The number of piperidine rings is 1. The standard InChI is InChI=1S/C10H18FNO4S/c1-8(2)10(11,17(14,15)16)9(13)12-6-4-3-5-7-12/h8H,3-7H2,1-2H3,(H,14,15,16). The van der Waals surface area contributed by atoms with Crippen LogP contribution in [0.15, 0.2) is 0 Å². The van der Waals surface area contributed by atoms with E-state index in [2.05, 4.69) is 0 Å². The van der Waals surface area contributed by atoms with Crippen LogP contribution in [0.2, 0.25) is 0 Å². The van der Waals surface area contributed by atoms with Gasteiger partial charge in [0.2, 0.25) is 0 Å². The number of nitrogens with zero attached hydrogens (tertiary/aromatic N) is 1. The zero-order valence-corrected chi connectivity index (χ0v) is 10.8. The highest BCUT2D eigenvalue weighted by molar-refractivity contribution is 7.87. The minimum atomic E-state index is -5.07. The molecule has 17 heavy (non-hydrogen) atoms. The van der Waals surface area contributed by atoms with E-state index in [4.69, 9.17) is 4.55 Å². The van der Waals surface area contributed by atoms with Crippen molar-refractivity contribution in [2.24, 2.45) is 5.92 Å². The fourth-order valence-corrected chi connectivity index (χ4v) is 2.91. The molecule has 0 aliphatic carbocycles. The lowest BCUT2D eigenvalue weighted by atomic mass is 10.0. The lowest BCUT2D eigenvalue weighted by Gasteiger charge is -2.33. The molecule has 100 valence electrons. The molecule has 7 heteroatoms. The van der Waals surface area contributed by atoms with Gasteiger partial charge in [-0.15, -0.1) is 0 Å². The van der Waals surface area contributed by atoms with E-state index >= 15 is 0 Å². The maximum absolute atomic E-state index is 14.4. The van der Waals surface area contributed by atoms with Crippen molar-refractivity contribution in [3.8, 4) is 0 Å². The van der Waals surface area contributed by atoms with Crippen LogP contribution >= 0.6 is 0 Å². The number of halogens is 1. The van der Waals surface area contributed by atoms with Crippen molar-refractivity contribution >= 4 is 16.0 Å². The van der Waals surface area contributed by atoms with E-state index in [-0.39, 0.29) is 0 Å². The maximum atomic E-state index is 14.4. The number of amides is 1. The van der Waals surface area contributed by atoms with Crippen molar-refractivity contribution in [2.75, 3.05) is 13.1 Å². The van der Waals surface area contributed by atoms with E-state index in [1.165, 1.54) is 18.7 Å². The van der Waals surface area contributed by atoms with E-state index in [0.29, 0.717) is 13.1 Å². The third-order valence-corrected chi connectivity index (χ3v) is 4.45. The number of likely N-dealkylation sites (tertiary alicyclic amines) is 1. The molecule has 1 N–H and O–H groups in total. The minimum Gasteiger partial charge on any atom is -0.339 e. The molecule has 0 saturated carbocycles. The van der Waals surface area contributed by atoms with Crippen molar-refractivity contribution in [2.45, 2.75) is 38.1 Å². The maximum Gasteiger partial charge on any atom is 0.314 e. The molecule has 0 spiro atoms. The van der Waals surface area contributed by atoms with Crippen LogP contribution in [0.4, 0.5) is 4.39 Å². The second-order valence-electron chi connectivity index (χ2n) is 4.63. The molecule has 0 aromatic rings. The van der Waals surface area contributed by atoms with Crippen molar-refractivity contribution in [1.29, 1.82) is 0 Å². The molecule has 1 aliphatic heterocycles. The molecule has 0 bridgehead atoms. The number of hydrogen-bond donors (Lipinski definition) is 1. The molecule has 1 aliphatic rings. The summed E-state index contributed by atoms with van der Waals surface area (Å²) in [6.07, 6.45) is 2.40. The summed E-state index contributed by atoms with van der Waals surface area (Å²) in [5, 5.41) is -3.23. The quantitative estimate of drug-likeness (QED) is 0.780. The van der Waals surface area contributed by atoms with Gasteiger partial charge >= 0.3 is 15.1 Å². The number of carbonyl (C=O) groups is 1. The predicted molar refractivity (Wildman–Crippen MR) is 60.7 cm³/mol. The average Bonchev–Trinajstić information content (AvgIpc) is 2.26. The van der Waals surface area contributed by atoms with Crippen LogP contribution in [0, 0.1) is 5.92 Å². The van der Waals surface area contributed by atoms with Crippen LogP contribution in [0.3, 0.4) is 0 Å². The Bertz CT molecular complexity index is 389. The van der Waals surface area contributed by atoms with Gasteiger partial charge in [0, 0.05) is 19.0 Å². The Labute approximate surface area is 101 Å². The van der Waals surface area contributed by atoms with Gasteiger partial charge in [-0.3, -0.25) is 9.35 Å². The SMILES string of the molecule is CC(C)C(F)(C(=O)N1CCCCC1)S(=O)(=O)O. The largest absolute Gasteiger partial charge is 0.339 e. The molecule has 0 aromatic carbocycles. The van der Waals surface area contributed by atoms with Crippen LogP contribution in [0.1, 0.15) is 33.1 Å². The number of rotatable bonds is 3. The van der Waals surface area contributed by atoms with Crippen molar-refractivity contribution < 1.29 is 22.2 Å². The highest BCUT2D eigenvalue weighted by atomic mass is 32.2. The van der Waals surface area contributed by atoms with Gasteiger partial charge in [-0.1, -0.05) is 13.8 Å². The van der Waals surface area contributed by atoms with Gasteiger partial charge in [-0.05, 0) is 19.3 Å². The zero-order chi connectivity index (χ0) is 13.3. The van der Waals surface area contributed by atoms with Crippen LogP contribution in [-0.2, 0) is 14.9 Å². The summed E-state index contributed by atoms with van der Waals surface area (Å²) in [4.78, 5) is 13.1. The summed E-state index contributed by atoms with van der Waals surface area (Å²) in [6.45, 7) is 3.20. The lowest BCUT2D eigenvalue weighted by Crippen LogP contribution is -2.55. The fourth-order valence-electron chi connectivity index (χ4n) is 1.97. The highest BCUT2D eigenvalue weighted by Gasteiger charge is 2.55. The first kappa shape index (κ1) is 14.4. The number of hydrogen-bond acceptors (Lipinski definition) is 3. The lowest BCUT2D eigenvalue weighted by molar-refractivity contribution is -0.142. The van der Waals surface area contributed by atoms with E-state index in [0.717, 1.165) is 19.3 Å². The Morgan fingerprint density at radius 2 is 1.76 bits per heavy atom. The Morgan fingerprint density at radius 1 is 1.29 bits per heavy atom. The monoisotopic (exact) mass is 267 g/mol. The van der Waals surface area contributed by atoms with Crippen molar-refractivity contribution in [3.05, 3.63) is 0 Å². The summed E-state index contributed by atoms with van der Waals surface area (Å²) in [7, 11) is -5.07. The molecule has 1 amide bonds. The Balaban J connectivity index is 3.03. The van der Waals surface area contributed by atoms with E-state index in [1.807, 2.05) is 0 Å². The van der Waals surface area contributed by atoms with Gasteiger partial charge in [-0.25, -0.2) is 4.39 Å². The Morgan fingerprint density at radius 3 is 2.12 bits per heavy atom. The molecule has 0 radical (unpaired) electrons. The summed E-state index contributed by atoms with van der Waals surface area (Å²) in [5.41, 5.74) is 0. The van der Waals surface area contributed by atoms with Crippen LogP contribution in [0.5, 0.6) is 0 Å². The molecular formula is C10H18FNO4S. The third-order valence-electron chi connectivity index (χ3n) is 3.05. The van der Waals surface area contributed by atoms with Gasteiger partial charge in [0.25, 0.3) is 5.91 Å². The number of alkyl halides is 1. The summed E-state index contributed by atoms with van der Waals surface area (Å²) >= 11 is 0. The predicted octanol–water partition coefficient (Wildman–Crippen LogP) is 1.21. The Hall–Kier alpha value is -0.690. The molecule has 1 saturated heterocycles. The van der Waals surface area contributed by atoms with Crippen LogP contribution in [0.25, 0.3) is 0 Å². The molecule has 5 nitrogen and oxygen atoms in total. The minimum absolute atomic E-state index is 0.340. The summed E-state index contributed by atoms with van der Waals surface area (Å²) < 4.78 is 45.6. The average molecular weight is 267 g/mol. The molecule has 1 rings (SSSR count). The van der Waals surface area contributed by atoms with Crippen molar-refractivity contribution in [1.82, 2.24) is 4.90 Å². The van der Waals surface area contributed by atoms with E-state index in [1.54, 1.807) is 0 Å². The first-order valence-corrected chi connectivity index (χ1v) is 7.10. The van der Waals surface area contributed by atoms with Crippen LogP contribution in [-0.4, -0.2) is 41.9 Å². The van der Waals surface area contributed by atoms with Gasteiger partial charge in [0.1, 0.15) is 0 Å². The molecule has 0 aromatic heterocycles.